The summed E-state index contributed by atoms with van der Waals surface area (Å²) in [7, 11) is -0.345. The molecule has 86 heavy (non-hydrogen) atoms. The second-order valence-electron chi connectivity index (χ2n) is 22.3. The van der Waals surface area contributed by atoms with Gasteiger partial charge in [0.15, 0.2) is 0 Å². The van der Waals surface area contributed by atoms with Crippen molar-refractivity contribution < 1.29 is 46.7 Å². The van der Waals surface area contributed by atoms with Crippen molar-refractivity contribution >= 4 is 85.0 Å². The molecule has 10 rings (SSSR count). The molecule has 9 N–H and O–H groups in total. The number of nitrogens with two attached hydrogens (primary N) is 1. The van der Waals surface area contributed by atoms with E-state index < -0.39 is 81.8 Å². The van der Waals surface area contributed by atoms with Gasteiger partial charge in [-0.2, -0.15) is 10.2 Å². The molecule has 2 saturated carbocycles. The zero-order valence-electron chi connectivity index (χ0n) is 48.1. The number of azo groups is 1. The number of esters is 1. The summed E-state index contributed by atoms with van der Waals surface area (Å²) in [6.45, 7) is 2.36. The van der Waals surface area contributed by atoms with Gasteiger partial charge in [0, 0.05) is 126 Å². The first-order valence-electron chi connectivity index (χ1n) is 29.0. The van der Waals surface area contributed by atoms with E-state index in [9.17, 15) is 42.0 Å². The number of anilines is 2. The standard InChI is InChI=1S/C63H70N12O10S/c1-4-65-44-23-25-46(26-24-44)73-72-45-21-19-37(20-22-45)62(81)75-35-49(64)54(36-75)71-61(80)40-30-38-29-39(31-40)58(77)68-51-14-6-8-16-53(51)70-60(79)42-32-41(59(78)69-52-15-7-5-13-50(52)67-57(38)76)33-43(34-42)63(82)85-28-27-66-86(83,84)56-18-10-11-47-48(56)12-9-17-55(47)74(2)3/h9-12,17-26,29-34,49-54,65-66H,4-8,13-16,27-28,35-36,64H2,1-3H3,(H,67,76)(H,68,77)(H,69,78)(H,70,79)(H,71,80)/t49-,50+,51+,52+,53+,54-/m0/s1. The van der Waals surface area contributed by atoms with E-state index in [-0.39, 0.29) is 70.4 Å². The molecule has 6 aromatic carbocycles. The second kappa shape index (κ2) is 26.5. The van der Waals surface area contributed by atoms with Crippen LogP contribution in [0.1, 0.15) is 131 Å². The Morgan fingerprint density at radius 1 is 0.628 bits per heavy atom. The number of carbonyl (C=O) groups excluding carboxylic acids is 7. The van der Waals surface area contributed by atoms with Crippen LogP contribution in [-0.4, -0.2) is 138 Å². The lowest BCUT2D eigenvalue weighted by atomic mass is 9.89. The summed E-state index contributed by atoms with van der Waals surface area (Å²) in [4.78, 5) is 103. The van der Waals surface area contributed by atoms with E-state index >= 15 is 0 Å². The predicted octanol–water partition coefficient (Wildman–Crippen LogP) is 6.73. The molecule has 1 saturated heterocycles. The van der Waals surface area contributed by atoms with E-state index in [0.29, 0.717) is 73.7 Å². The van der Waals surface area contributed by atoms with Crippen LogP contribution in [-0.2, 0) is 14.8 Å². The van der Waals surface area contributed by atoms with Gasteiger partial charge in [-0.1, -0.05) is 49.9 Å². The van der Waals surface area contributed by atoms with Crippen LogP contribution in [0.5, 0.6) is 0 Å². The molecule has 448 valence electrons. The molecule has 6 amide bonds. The summed E-state index contributed by atoms with van der Waals surface area (Å²) in [5.74, 6) is -4.32. The van der Waals surface area contributed by atoms with Gasteiger partial charge in [0.1, 0.15) is 6.61 Å². The molecule has 3 fully saturated rings. The highest BCUT2D eigenvalue weighted by Gasteiger charge is 2.36. The Bertz CT molecular complexity index is 3640. The highest BCUT2D eigenvalue weighted by molar-refractivity contribution is 7.89. The lowest BCUT2D eigenvalue weighted by Gasteiger charge is -2.33. The summed E-state index contributed by atoms with van der Waals surface area (Å²) in [6.07, 6.45) is 4.69. The first kappa shape index (κ1) is 60.1. The molecule has 6 aromatic rings. The number of sulfonamides is 1. The Morgan fingerprint density at radius 2 is 1.12 bits per heavy atom. The van der Waals surface area contributed by atoms with E-state index in [2.05, 4.69) is 46.9 Å². The van der Waals surface area contributed by atoms with Crippen molar-refractivity contribution in [2.24, 2.45) is 16.0 Å². The van der Waals surface area contributed by atoms with Crippen molar-refractivity contribution in [3.05, 3.63) is 160 Å². The Balaban J connectivity index is 0.837. The van der Waals surface area contributed by atoms with E-state index in [1.807, 2.05) is 62.3 Å². The fraction of sp³-hybridized carbons (Fsp3) is 0.349. The van der Waals surface area contributed by atoms with E-state index in [1.165, 1.54) is 42.5 Å². The number of rotatable bonds is 14. The van der Waals surface area contributed by atoms with Crippen LogP contribution in [0.4, 0.5) is 22.7 Å². The molecule has 22 nitrogen and oxygen atoms in total. The Morgan fingerprint density at radius 3 is 1.63 bits per heavy atom. The van der Waals surface area contributed by atoms with Gasteiger partial charge in [-0.25, -0.2) is 17.9 Å². The van der Waals surface area contributed by atoms with Gasteiger partial charge >= 0.3 is 5.97 Å². The molecule has 2 aliphatic heterocycles. The van der Waals surface area contributed by atoms with E-state index in [1.54, 1.807) is 47.4 Å². The Hall–Kier alpha value is -9.06. The summed E-state index contributed by atoms with van der Waals surface area (Å²) >= 11 is 0. The van der Waals surface area contributed by atoms with Crippen LogP contribution in [0.25, 0.3) is 10.8 Å². The maximum atomic E-state index is 14.4. The number of nitrogens with zero attached hydrogens (tertiary/aromatic N) is 4. The molecular formula is C63H70N12O10S. The third-order valence-corrected chi connectivity index (χ3v) is 17.6. The third-order valence-electron chi connectivity index (χ3n) is 16.1. The Labute approximate surface area is 498 Å². The van der Waals surface area contributed by atoms with Gasteiger partial charge in [0.25, 0.3) is 35.4 Å². The minimum Gasteiger partial charge on any atom is -0.461 e. The molecule has 6 atom stereocenters. The lowest BCUT2D eigenvalue weighted by molar-refractivity contribution is 0.0512. The molecule has 4 bridgehead atoms. The van der Waals surface area contributed by atoms with Crippen LogP contribution in [0.15, 0.2) is 136 Å². The van der Waals surface area contributed by atoms with Gasteiger partial charge in [-0.15, -0.1) is 0 Å². The molecule has 0 radical (unpaired) electrons. The average Bonchev–Trinajstić information content (AvgIpc) is 3.82. The summed E-state index contributed by atoms with van der Waals surface area (Å²) in [5.41, 5.74) is 9.75. The van der Waals surface area contributed by atoms with Gasteiger partial charge in [0.2, 0.25) is 10.0 Å². The number of hydrogen-bond donors (Lipinski definition) is 8. The molecular weight excluding hydrogens is 1120 g/mol. The minimum absolute atomic E-state index is 0.00145. The number of fused-ring (bicyclic) bond motifs is 7. The molecule has 0 unspecified atom stereocenters. The fourth-order valence-corrected chi connectivity index (χ4v) is 12.8. The second-order valence-corrected chi connectivity index (χ2v) is 24.1. The number of likely N-dealkylation sites (tertiary alicyclic amines) is 1. The lowest BCUT2D eigenvalue weighted by Crippen LogP contribution is -2.54. The number of ether oxygens (including phenoxy) is 1. The smallest absolute Gasteiger partial charge is 0.338 e. The van der Waals surface area contributed by atoms with Crippen molar-refractivity contribution in [3.63, 3.8) is 0 Å². The molecule has 0 spiro atoms. The highest BCUT2D eigenvalue weighted by Crippen LogP contribution is 2.31. The SMILES string of the molecule is CCNc1ccc(N=Nc2ccc(C(=O)N3C[C@H](NC(=O)c4cc5cc(c4)C(=O)N[C@@H]4CCCC[C@H]4NC(=O)c4cc(cc(C(=O)OCCNS(=O)(=O)c6cccc7c(N(C)C)cccc67)c4)C(=O)N[C@@H]4CCCC[C@H]4NC5=O)[C@@H](N)C3)cc2)cc1. The molecule has 2 heterocycles. The molecule has 2 aliphatic carbocycles. The third kappa shape index (κ3) is 14.0. The van der Waals surface area contributed by atoms with Crippen molar-refractivity contribution in [2.75, 3.05) is 57.1 Å². The normalized spacial score (nSPS) is 20.9. The average molecular weight is 1190 g/mol. The molecule has 23 heteroatoms. The van der Waals surface area contributed by atoms with Crippen molar-refractivity contribution in [2.45, 2.75) is 99.4 Å². The van der Waals surface area contributed by atoms with Gasteiger partial charge < -0.3 is 52.2 Å². The van der Waals surface area contributed by atoms with E-state index in [0.717, 1.165) is 23.3 Å². The number of nitrogens with one attached hydrogen (secondary N) is 7. The van der Waals surface area contributed by atoms with Crippen molar-refractivity contribution in [1.82, 2.24) is 36.2 Å². The molecule has 4 aliphatic rings. The topological polar surface area (TPSA) is 304 Å². The largest absolute Gasteiger partial charge is 0.461 e. The van der Waals surface area contributed by atoms with Gasteiger partial charge in [0.05, 0.1) is 27.9 Å². The maximum Gasteiger partial charge on any atom is 0.338 e. The zero-order valence-corrected chi connectivity index (χ0v) is 48.9. The highest BCUT2D eigenvalue weighted by atomic mass is 32.2. The van der Waals surface area contributed by atoms with E-state index in [4.69, 9.17) is 10.5 Å². The van der Waals surface area contributed by atoms with Crippen LogP contribution < -0.4 is 47.3 Å². The van der Waals surface area contributed by atoms with Gasteiger partial charge in [-0.05, 0) is 130 Å². The monoisotopic (exact) mass is 1190 g/mol. The van der Waals surface area contributed by atoms with Crippen molar-refractivity contribution in [3.8, 4) is 0 Å². The first-order chi connectivity index (χ1) is 41.4. The Kier molecular flexibility index (Phi) is 18.5. The van der Waals surface area contributed by atoms with Crippen molar-refractivity contribution in [1.29, 1.82) is 0 Å². The van der Waals surface area contributed by atoms with Crippen LogP contribution >= 0.6 is 0 Å². The van der Waals surface area contributed by atoms with Crippen LogP contribution in [0.2, 0.25) is 0 Å². The number of hydrogen-bond acceptors (Lipinski definition) is 15. The number of amides is 6. The predicted molar refractivity (Wildman–Crippen MR) is 325 cm³/mol. The quantitative estimate of drug-likeness (QED) is 0.0319. The van der Waals surface area contributed by atoms with Crippen LogP contribution in [0, 0.1) is 0 Å². The number of carbonyl (C=O) groups is 7. The molecule has 0 aromatic heterocycles. The van der Waals surface area contributed by atoms with Crippen LogP contribution in [0.3, 0.4) is 0 Å². The summed E-state index contributed by atoms with van der Waals surface area (Å²) < 4.78 is 35.3. The maximum absolute atomic E-state index is 14.4. The van der Waals surface area contributed by atoms with Gasteiger partial charge in [-0.3, -0.25) is 28.8 Å². The fourth-order valence-electron chi connectivity index (χ4n) is 11.6. The summed E-state index contributed by atoms with van der Waals surface area (Å²) in [5, 5.41) is 28.2. The first-order valence-corrected chi connectivity index (χ1v) is 30.5. The number of benzene rings is 6. The minimum atomic E-state index is -4.08. The zero-order chi connectivity index (χ0) is 60.6. The summed E-state index contributed by atoms with van der Waals surface area (Å²) in [6, 6.07) is 28.9.